The zero-order valence-electron chi connectivity index (χ0n) is 14.4. The first-order chi connectivity index (χ1) is 12.9. The molecule has 3 rings (SSSR count). The number of sulfonamides is 1. The molecule has 1 aliphatic rings. The summed E-state index contributed by atoms with van der Waals surface area (Å²) in [5.41, 5.74) is -2.54. The number of hydrogen-bond donors (Lipinski definition) is 1. The Morgan fingerprint density at radius 3 is 2.11 bits per heavy atom. The smallest absolute Gasteiger partial charge is 0.385 e. The topological polar surface area (TPSA) is 57.6 Å². The van der Waals surface area contributed by atoms with Crippen molar-refractivity contribution in [3.8, 4) is 0 Å². The van der Waals surface area contributed by atoms with E-state index in [1.165, 1.54) is 34.6 Å². The number of halogens is 5. The first-order valence-electron chi connectivity index (χ1n) is 8.29. The number of aliphatic hydroxyl groups is 1. The lowest BCUT2D eigenvalue weighted by molar-refractivity contribution is -0.137. The van der Waals surface area contributed by atoms with Gasteiger partial charge in [-0.15, -0.1) is 0 Å². The van der Waals surface area contributed by atoms with Crippen LogP contribution in [0.25, 0.3) is 0 Å². The quantitative estimate of drug-likeness (QED) is 0.733. The lowest BCUT2D eigenvalue weighted by atomic mass is 9.84. The van der Waals surface area contributed by atoms with Crippen molar-refractivity contribution < 1.29 is 26.7 Å². The van der Waals surface area contributed by atoms with Crippen molar-refractivity contribution in [3.63, 3.8) is 0 Å². The molecule has 0 saturated carbocycles. The van der Waals surface area contributed by atoms with Crippen LogP contribution in [0.3, 0.4) is 0 Å². The van der Waals surface area contributed by atoms with Crippen LogP contribution in [0.2, 0.25) is 10.0 Å². The highest BCUT2D eigenvalue weighted by Crippen LogP contribution is 2.40. The fraction of sp³-hybridized carbons (Fsp3) is 0.333. The zero-order valence-corrected chi connectivity index (χ0v) is 16.7. The maximum atomic E-state index is 13.1. The molecule has 0 aromatic heterocycles. The number of alkyl halides is 3. The first kappa shape index (κ1) is 21.4. The van der Waals surface area contributed by atoms with E-state index in [0.29, 0.717) is 5.02 Å². The molecule has 2 aromatic rings. The van der Waals surface area contributed by atoms with Crippen LogP contribution in [-0.4, -0.2) is 30.9 Å². The van der Waals surface area contributed by atoms with Gasteiger partial charge < -0.3 is 5.11 Å². The molecule has 0 bridgehead atoms. The predicted molar refractivity (Wildman–Crippen MR) is 99.8 cm³/mol. The third-order valence-corrected chi connectivity index (χ3v) is 7.30. The van der Waals surface area contributed by atoms with E-state index < -0.39 is 32.4 Å². The number of hydrogen-bond acceptors (Lipinski definition) is 3. The van der Waals surface area contributed by atoms with Gasteiger partial charge in [-0.25, -0.2) is 8.42 Å². The minimum atomic E-state index is -4.65. The molecule has 0 atom stereocenters. The summed E-state index contributed by atoms with van der Waals surface area (Å²) in [6.45, 7) is -0.0725. The van der Waals surface area contributed by atoms with E-state index in [9.17, 15) is 26.7 Å². The molecule has 1 heterocycles. The van der Waals surface area contributed by atoms with Gasteiger partial charge in [0.05, 0.1) is 21.1 Å². The number of piperidine rings is 1. The van der Waals surface area contributed by atoms with Gasteiger partial charge in [0.2, 0.25) is 10.0 Å². The van der Waals surface area contributed by atoms with Gasteiger partial charge in [-0.1, -0.05) is 29.3 Å². The van der Waals surface area contributed by atoms with Gasteiger partial charge >= 0.3 is 6.18 Å². The molecule has 0 unspecified atom stereocenters. The van der Waals surface area contributed by atoms with Gasteiger partial charge in [0.15, 0.2) is 0 Å². The van der Waals surface area contributed by atoms with Gasteiger partial charge in [0, 0.05) is 18.1 Å². The van der Waals surface area contributed by atoms with E-state index in [-0.39, 0.29) is 36.4 Å². The van der Waals surface area contributed by atoms with Crippen LogP contribution in [-0.2, 0) is 21.8 Å². The summed E-state index contributed by atoms with van der Waals surface area (Å²) in [4.78, 5) is 0.0631. The molecule has 10 heteroatoms. The second-order valence-corrected chi connectivity index (χ2v) is 9.36. The summed E-state index contributed by atoms with van der Waals surface area (Å²) in [6, 6.07) is 8.93. The molecule has 0 amide bonds. The highest BCUT2D eigenvalue weighted by Gasteiger charge is 2.40. The standard InChI is InChI=1S/C18H16Cl2F3NO3S/c19-13-2-4-14(5-3-13)28(26,27)24-9-7-17(25,8-10-24)12-1-6-16(20)15(11-12)18(21,22)23/h1-6,11,25H,7-10H2. The lowest BCUT2D eigenvalue weighted by Crippen LogP contribution is -2.45. The van der Waals surface area contributed by atoms with Crippen LogP contribution in [0.5, 0.6) is 0 Å². The Balaban J connectivity index is 1.82. The fourth-order valence-corrected chi connectivity index (χ4v) is 4.96. The summed E-state index contributed by atoms with van der Waals surface area (Å²) in [5.74, 6) is 0. The third-order valence-electron chi connectivity index (χ3n) is 4.81. The Morgan fingerprint density at radius 2 is 1.57 bits per heavy atom. The average molecular weight is 454 g/mol. The summed E-state index contributed by atoms with van der Waals surface area (Å²) in [5, 5.41) is 10.8. The fourth-order valence-electron chi connectivity index (χ4n) is 3.17. The Morgan fingerprint density at radius 1 is 1.00 bits per heavy atom. The van der Waals surface area contributed by atoms with E-state index in [1.54, 1.807) is 0 Å². The van der Waals surface area contributed by atoms with E-state index in [2.05, 4.69) is 0 Å². The SMILES string of the molecule is O=S(=O)(c1ccc(Cl)cc1)N1CCC(O)(c2ccc(Cl)c(C(F)(F)F)c2)CC1. The van der Waals surface area contributed by atoms with Gasteiger partial charge in [0.1, 0.15) is 0 Å². The molecule has 0 spiro atoms. The molecule has 28 heavy (non-hydrogen) atoms. The predicted octanol–water partition coefficient (Wildman–Crippen LogP) is 4.68. The van der Waals surface area contributed by atoms with Crippen LogP contribution in [0.15, 0.2) is 47.4 Å². The van der Waals surface area contributed by atoms with E-state index in [0.717, 1.165) is 12.1 Å². The molecule has 152 valence electrons. The Hall–Kier alpha value is -1.32. The molecule has 0 aliphatic carbocycles. The summed E-state index contributed by atoms with van der Waals surface area (Å²) in [7, 11) is -3.79. The molecule has 2 aromatic carbocycles. The Labute approximate surface area is 170 Å². The summed E-state index contributed by atoms with van der Waals surface area (Å²) in [6.07, 6.45) is -4.74. The van der Waals surface area contributed by atoms with Crippen LogP contribution < -0.4 is 0 Å². The van der Waals surface area contributed by atoms with Crippen molar-refractivity contribution in [2.45, 2.75) is 29.5 Å². The van der Waals surface area contributed by atoms with Crippen molar-refractivity contribution in [1.82, 2.24) is 4.31 Å². The molecule has 1 fully saturated rings. The molecule has 1 saturated heterocycles. The van der Waals surface area contributed by atoms with E-state index in [4.69, 9.17) is 23.2 Å². The number of nitrogens with zero attached hydrogens (tertiary/aromatic N) is 1. The third kappa shape index (κ3) is 4.16. The molecule has 1 N–H and O–H groups in total. The highest BCUT2D eigenvalue weighted by atomic mass is 35.5. The van der Waals surface area contributed by atoms with Crippen LogP contribution in [0, 0.1) is 0 Å². The largest absolute Gasteiger partial charge is 0.417 e. The molecule has 4 nitrogen and oxygen atoms in total. The normalized spacial score (nSPS) is 18.2. The second-order valence-electron chi connectivity index (χ2n) is 6.58. The van der Waals surface area contributed by atoms with E-state index >= 15 is 0 Å². The molecular weight excluding hydrogens is 438 g/mol. The number of rotatable bonds is 3. The van der Waals surface area contributed by atoms with Crippen molar-refractivity contribution in [2.75, 3.05) is 13.1 Å². The van der Waals surface area contributed by atoms with Gasteiger partial charge in [-0.3, -0.25) is 0 Å². The minimum absolute atomic E-state index is 0.0363. The maximum Gasteiger partial charge on any atom is 0.417 e. The van der Waals surface area contributed by atoms with Crippen molar-refractivity contribution >= 4 is 33.2 Å². The second kappa shape index (κ2) is 7.50. The Bertz CT molecular complexity index is 971. The van der Waals surface area contributed by atoms with Crippen LogP contribution >= 0.6 is 23.2 Å². The van der Waals surface area contributed by atoms with E-state index in [1.807, 2.05) is 0 Å². The van der Waals surface area contributed by atoms with Gasteiger partial charge in [0.25, 0.3) is 0 Å². The summed E-state index contributed by atoms with van der Waals surface area (Å²) >= 11 is 11.4. The summed E-state index contributed by atoms with van der Waals surface area (Å²) < 4.78 is 65.9. The monoisotopic (exact) mass is 453 g/mol. The minimum Gasteiger partial charge on any atom is -0.385 e. The van der Waals surface area contributed by atoms with Gasteiger partial charge in [-0.2, -0.15) is 17.5 Å². The zero-order chi connectivity index (χ0) is 20.7. The average Bonchev–Trinajstić information content (AvgIpc) is 2.61. The first-order valence-corrected chi connectivity index (χ1v) is 10.5. The molecular formula is C18H16Cl2F3NO3S. The van der Waals surface area contributed by atoms with Gasteiger partial charge in [-0.05, 0) is 54.8 Å². The number of benzene rings is 2. The van der Waals surface area contributed by atoms with Crippen molar-refractivity contribution in [2.24, 2.45) is 0 Å². The highest BCUT2D eigenvalue weighted by molar-refractivity contribution is 7.89. The van der Waals surface area contributed by atoms with Crippen molar-refractivity contribution in [1.29, 1.82) is 0 Å². The van der Waals surface area contributed by atoms with Crippen molar-refractivity contribution in [3.05, 3.63) is 63.6 Å². The Kier molecular flexibility index (Phi) is 5.73. The molecule has 0 radical (unpaired) electrons. The van der Waals surface area contributed by atoms with Crippen LogP contribution in [0.1, 0.15) is 24.0 Å². The molecule has 1 aliphatic heterocycles. The lowest BCUT2D eigenvalue weighted by Gasteiger charge is -2.38. The maximum absolute atomic E-state index is 13.1. The van der Waals surface area contributed by atoms with Crippen LogP contribution in [0.4, 0.5) is 13.2 Å².